The van der Waals surface area contributed by atoms with Crippen LogP contribution in [0.1, 0.15) is 16.8 Å². The number of hydrogen-bond acceptors (Lipinski definition) is 1. The molecule has 1 aromatic rings. The molecule has 1 aromatic carbocycles. The van der Waals surface area contributed by atoms with Crippen LogP contribution in [-0.4, -0.2) is 12.0 Å². The highest BCUT2D eigenvalue weighted by molar-refractivity contribution is 5.96. The van der Waals surface area contributed by atoms with E-state index < -0.39 is 18.4 Å². The first-order valence-corrected chi connectivity index (χ1v) is 3.64. The van der Waals surface area contributed by atoms with Crippen molar-refractivity contribution in [2.45, 2.75) is 12.6 Å². The second-order valence-corrected chi connectivity index (χ2v) is 2.58. The van der Waals surface area contributed by atoms with Gasteiger partial charge in [-0.05, 0) is 0 Å². The highest BCUT2D eigenvalue weighted by atomic mass is 19.4. The van der Waals surface area contributed by atoms with Crippen molar-refractivity contribution in [2.24, 2.45) is 0 Å². The summed E-state index contributed by atoms with van der Waals surface area (Å²) in [6, 6.07) is 7.44. The molecule has 13 heavy (non-hydrogen) atoms. The van der Waals surface area contributed by atoms with Crippen molar-refractivity contribution in [1.82, 2.24) is 0 Å². The van der Waals surface area contributed by atoms with E-state index in [9.17, 15) is 18.0 Å². The first kappa shape index (κ1) is 9.77. The molecule has 0 aliphatic rings. The van der Waals surface area contributed by atoms with E-state index >= 15 is 0 Å². The molecule has 0 saturated heterocycles. The van der Waals surface area contributed by atoms with Gasteiger partial charge in [-0.1, -0.05) is 30.3 Å². The van der Waals surface area contributed by atoms with Crippen LogP contribution in [0.3, 0.4) is 0 Å². The normalized spacial score (nSPS) is 11.3. The van der Waals surface area contributed by atoms with Crippen LogP contribution in [0, 0.1) is 0 Å². The van der Waals surface area contributed by atoms with Crippen molar-refractivity contribution in [2.75, 3.05) is 0 Å². The molecule has 0 amide bonds. The Bertz CT molecular complexity index is 289. The van der Waals surface area contributed by atoms with Gasteiger partial charge in [-0.15, -0.1) is 0 Å². The van der Waals surface area contributed by atoms with E-state index in [-0.39, 0.29) is 5.56 Å². The van der Waals surface area contributed by atoms with Gasteiger partial charge in [-0.25, -0.2) is 0 Å². The van der Waals surface area contributed by atoms with E-state index in [1.807, 2.05) is 0 Å². The number of halogens is 3. The average Bonchev–Trinajstić information content (AvgIpc) is 2.03. The van der Waals surface area contributed by atoms with Crippen LogP contribution >= 0.6 is 0 Å². The molecular formula is C9H7F3O. The second kappa shape index (κ2) is 3.60. The van der Waals surface area contributed by atoms with Gasteiger partial charge in [0.15, 0.2) is 5.78 Å². The Morgan fingerprint density at radius 1 is 1.15 bits per heavy atom. The lowest BCUT2D eigenvalue weighted by molar-refractivity contribution is -0.125. The SMILES string of the molecule is O=C(CC(F)(F)F)c1ccccc1. The van der Waals surface area contributed by atoms with Gasteiger partial charge in [0.25, 0.3) is 0 Å². The number of benzene rings is 1. The third kappa shape index (κ3) is 3.27. The lowest BCUT2D eigenvalue weighted by atomic mass is 10.1. The summed E-state index contributed by atoms with van der Waals surface area (Å²) >= 11 is 0. The number of carbonyl (C=O) groups is 1. The van der Waals surface area contributed by atoms with Gasteiger partial charge >= 0.3 is 6.18 Å². The minimum absolute atomic E-state index is 0.0971. The Balaban J connectivity index is 2.71. The maximum Gasteiger partial charge on any atom is 0.396 e. The quantitative estimate of drug-likeness (QED) is 0.652. The van der Waals surface area contributed by atoms with E-state index in [2.05, 4.69) is 0 Å². The van der Waals surface area contributed by atoms with Crippen LogP contribution in [0.25, 0.3) is 0 Å². The molecule has 1 nitrogen and oxygen atoms in total. The summed E-state index contributed by atoms with van der Waals surface area (Å²) in [7, 11) is 0. The zero-order chi connectivity index (χ0) is 9.90. The van der Waals surface area contributed by atoms with Gasteiger partial charge in [0.2, 0.25) is 0 Å². The van der Waals surface area contributed by atoms with Crippen LogP contribution in [0.4, 0.5) is 13.2 Å². The molecule has 0 radical (unpaired) electrons. The van der Waals surface area contributed by atoms with E-state index in [1.54, 1.807) is 6.07 Å². The Kier molecular flexibility index (Phi) is 2.70. The highest BCUT2D eigenvalue weighted by Gasteiger charge is 2.31. The molecule has 0 atom stereocenters. The Morgan fingerprint density at radius 3 is 2.15 bits per heavy atom. The summed E-state index contributed by atoms with van der Waals surface area (Å²) < 4.78 is 35.3. The fourth-order valence-electron chi connectivity index (χ4n) is 0.908. The molecule has 0 saturated carbocycles. The van der Waals surface area contributed by atoms with Gasteiger partial charge in [-0.3, -0.25) is 4.79 Å². The fraction of sp³-hybridized carbons (Fsp3) is 0.222. The van der Waals surface area contributed by atoms with E-state index in [4.69, 9.17) is 0 Å². The van der Waals surface area contributed by atoms with E-state index in [1.165, 1.54) is 24.3 Å². The summed E-state index contributed by atoms with van der Waals surface area (Å²) in [5.74, 6) is -0.895. The summed E-state index contributed by atoms with van der Waals surface area (Å²) in [6.45, 7) is 0. The molecule has 1 rings (SSSR count). The van der Waals surface area contributed by atoms with Crippen LogP contribution in [0.2, 0.25) is 0 Å². The molecule has 0 aromatic heterocycles. The predicted molar refractivity (Wildman–Crippen MR) is 41.4 cm³/mol. The maximum absolute atomic E-state index is 11.8. The van der Waals surface area contributed by atoms with Gasteiger partial charge < -0.3 is 0 Å². The Morgan fingerprint density at radius 2 is 1.69 bits per heavy atom. The molecule has 0 aliphatic heterocycles. The van der Waals surface area contributed by atoms with Gasteiger partial charge in [0.1, 0.15) is 6.42 Å². The Hall–Kier alpha value is -1.32. The molecular weight excluding hydrogens is 181 g/mol. The van der Waals surface area contributed by atoms with Gasteiger partial charge in [0.05, 0.1) is 0 Å². The minimum atomic E-state index is -4.42. The summed E-state index contributed by atoms with van der Waals surface area (Å²) in [4.78, 5) is 10.9. The largest absolute Gasteiger partial charge is 0.396 e. The molecule has 0 heterocycles. The van der Waals surface area contributed by atoms with Crippen molar-refractivity contribution in [3.05, 3.63) is 35.9 Å². The summed E-state index contributed by atoms with van der Waals surface area (Å²) in [5, 5.41) is 0. The molecule has 0 N–H and O–H groups in total. The monoisotopic (exact) mass is 188 g/mol. The first-order chi connectivity index (χ1) is 5.99. The molecule has 0 spiro atoms. The van der Waals surface area contributed by atoms with Crippen molar-refractivity contribution in [3.8, 4) is 0 Å². The average molecular weight is 188 g/mol. The van der Waals surface area contributed by atoms with Crippen molar-refractivity contribution in [3.63, 3.8) is 0 Å². The van der Waals surface area contributed by atoms with Crippen LogP contribution in [-0.2, 0) is 0 Å². The second-order valence-electron chi connectivity index (χ2n) is 2.58. The summed E-state index contributed by atoms with van der Waals surface area (Å²) in [6.07, 6.45) is -5.82. The van der Waals surface area contributed by atoms with Crippen LogP contribution in [0.15, 0.2) is 30.3 Å². The topological polar surface area (TPSA) is 17.1 Å². The fourth-order valence-corrected chi connectivity index (χ4v) is 0.908. The zero-order valence-electron chi connectivity index (χ0n) is 6.64. The van der Waals surface area contributed by atoms with Crippen molar-refractivity contribution < 1.29 is 18.0 Å². The van der Waals surface area contributed by atoms with E-state index in [0.717, 1.165) is 0 Å². The third-order valence-electron chi connectivity index (χ3n) is 1.46. The predicted octanol–water partition coefficient (Wildman–Crippen LogP) is 2.82. The van der Waals surface area contributed by atoms with Gasteiger partial charge in [0, 0.05) is 5.56 Å². The molecule has 0 fully saturated rings. The van der Waals surface area contributed by atoms with E-state index in [0.29, 0.717) is 0 Å². The molecule has 0 aliphatic carbocycles. The lowest BCUT2D eigenvalue weighted by Crippen LogP contribution is -2.14. The first-order valence-electron chi connectivity index (χ1n) is 3.64. The standard InChI is InChI=1S/C9H7F3O/c10-9(11,12)6-8(13)7-4-2-1-3-5-7/h1-5H,6H2. The number of hydrogen-bond donors (Lipinski definition) is 0. The lowest BCUT2D eigenvalue weighted by Gasteiger charge is -2.04. The van der Waals surface area contributed by atoms with Crippen LogP contribution in [0.5, 0.6) is 0 Å². The summed E-state index contributed by atoms with van der Waals surface area (Å²) in [5.41, 5.74) is 0.0971. The van der Waals surface area contributed by atoms with Crippen LogP contribution < -0.4 is 0 Å². The smallest absolute Gasteiger partial charge is 0.294 e. The number of alkyl halides is 3. The number of carbonyl (C=O) groups excluding carboxylic acids is 1. The number of rotatable bonds is 2. The molecule has 0 bridgehead atoms. The molecule has 0 unspecified atom stereocenters. The number of ketones is 1. The minimum Gasteiger partial charge on any atom is -0.294 e. The molecule has 70 valence electrons. The highest BCUT2D eigenvalue weighted by Crippen LogP contribution is 2.21. The zero-order valence-corrected chi connectivity index (χ0v) is 6.64. The number of Topliss-reactive ketones (excluding diaryl/α,β-unsaturated/α-hetero) is 1. The Labute approximate surface area is 73.2 Å². The maximum atomic E-state index is 11.8. The van der Waals surface area contributed by atoms with Gasteiger partial charge in [-0.2, -0.15) is 13.2 Å². The molecule has 4 heteroatoms. The van der Waals surface area contributed by atoms with Crippen molar-refractivity contribution >= 4 is 5.78 Å². The van der Waals surface area contributed by atoms with Crippen molar-refractivity contribution in [1.29, 1.82) is 0 Å². The third-order valence-corrected chi connectivity index (χ3v) is 1.46.